The van der Waals surface area contributed by atoms with Gasteiger partial charge in [-0.05, 0) is 89.9 Å². The first-order valence-electron chi connectivity index (χ1n) is 29.0. The van der Waals surface area contributed by atoms with Gasteiger partial charge in [0.2, 0.25) is 5.91 Å². The topological polar surface area (TPSA) is 69.6 Å². The van der Waals surface area contributed by atoms with Crippen LogP contribution in [-0.4, -0.2) is 34.9 Å². The Bertz CT molecular complexity index is 1240. The maximum Gasteiger partial charge on any atom is 0.220 e. The fraction of sp³-hybridized carbons (Fsp3) is 0.730. The van der Waals surface area contributed by atoms with Crippen molar-refractivity contribution in [3.05, 3.63) is 97.2 Å². The van der Waals surface area contributed by atoms with E-state index in [1.807, 2.05) is 6.08 Å². The van der Waals surface area contributed by atoms with Gasteiger partial charge >= 0.3 is 0 Å². The van der Waals surface area contributed by atoms with E-state index in [1.165, 1.54) is 186 Å². The van der Waals surface area contributed by atoms with Crippen LogP contribution in [0.5, 0.6) is 0 Å². The Hall–Kier alpha value is -2.69. The number of amides is 1. The molecule has 0 aromatic heterocycles. The Balaban J connectivity index is 3.53. The van der Waals surface area contributed by atoms with Crippen LogP contribution in [0.15, 0.2) is 97.2 Å². The van der Waals surface area contributed by atoms with Crippen LogP contribution in [0.25, 0.3) is 0 Å². The molecule has 0 aromatic rings. The molecule has 0 fully saturated rings. The summed E-state index contributed by atoms with van der Waals surface area (Å²) in [7, 11) is 0. The smallest absolute Gasteiger partial charge is 0.220 e. The van der Waals surface area contributed by atoms with Crippen molar-refractivity contribution >= 4 is 5.91 Å². The molecule has 67 heavy (non-hydrogen) atoms. The van der Waals surface area contributed by atoms with E-state index in [4.69, 9.17) is 0 Å². The normalized spacial score (nSPS) is 13.6. The Labute approximate surface area is 417 Å². The molecule has 0 radical (unpaired) electrons. The largest absolute Gasteiger partial charge is 0.394 e. The molecular weight excluding hydrogens is 819 g/mol. The number of aliphatic hydroxyl groups excluding tert-OH is 2. The molecule has 0 spiro atoms. The van der Waals surface area contributed by atoms with E-state index in [-0.39, 0.29) is 12.5 Å². The van der Waals surface area contributed by atoms with Gasteiger partial charge in [0.1, 0.15) is 0 Å². The van der Waals surface area contributed by atoms with Gasteiger partial charge in [-0.3, -0.25) is 4.79 Å². The number of nitrogens with one attached hydrogen (secondary N) is 1. The first kappa shape index (κ1) is 64.3. The first-order valence-corrected chi connectivity index (χ1v) is 29.0. The van der Waals surface area contributed by atoms with E-state index in [0.717, 1.165) is 70.6 Å². The molecule has 0 aliphatic carbocycles. The summed E-state index contributed by atoms with van der Waals surface area (Å²) in [5.41, 5.74) is 0. The van der Waals surface area contributed by atoms with Crippen molar-refractivity contribution in [2.45, 2.75) is 289 Å². The number of hydrogen-bond acceptors (Lipinski definition) is 3. The minimum Gasteiger partial charge on any atom is -0.394 e. The van der Waals surface area contributed by atoms with Crippen LogP contribution in [0.1, 0.15) is 277 Å². The number of rotatable bonds is 52. The second kappa shape index (κ2) is 57.6. The van der Waals surface area contributed by atoms with Crippen LogP contribution in [0.2, 0.25) is 0 Å². The lowest BCUT2D eigenvalue weighted by Gasteiger charge is -2.19. The molecule has 4 heteroatoms. The molecule has 0 aromatic carbocycles. The van der Waals surface area contributed by atoms with Crippen molar-refractivity contribution < 1.29 is 15.0 Å². The van der Waals surface area contributed by atoms with E-state index in [1.54, 1.807) is 6.08 Å². The Morgan fingerprint density at radius 1 is 0.373 bits per heavy atom. The van der Waals surface area contributed by atoms with Crippen LogP contribution >= 0.6 is 0 Å². The molecule has 0 saturated heterocycles. The van der Waals surface area contributed by atoms with Crippen molar-refractivity contribution in [2.75, 3.05) is 6.61 Å². The maximum absolute atomic E-state index is 12.5. The molecule has 0 rings (SSSR count). The van der Waals surface area contributed by atoms with Crippen LogP contribution in [0, 0.1) is 0 Å². The minimum absolute atomic E-state index is 0.0774. The van der Waals surface area contributed by atoms with Crippen LogP contribution in [0.3, 0.4) is 0 Å². The molecule has 2 unspecified atom stereocenters. The Morgan fingerprint density at radius 3 is 1.04 bits per heavy atom. The highest BCUT2D eigenvalue weighted by Gasteiger charge is 2.18. The maximum atomic E-state index is 12.5. The summed E-state index contributed by atoms with van der Waals surface area (Å²) in [6.07, 6.45) is 85.8. The van der Waals surface area contributed by atoms with Crippen molar-refractivity contribution in [3.8, 4) is 0 Å². The lowest BCUT2D eigenvalue weighted by molar-refractivity contribution is -0.123. The summed E-state index contributed by atoms with van der Waals surface area (Å²) in [5, 5.41) is 23.1. The third-order valence-electron chi connectivity index (χ3n) is 12.8. The molecule has 0 heterocycles. The zero-order valence-electron chi connectivity index (χ0n) is 44.4. The molecule has 1 amide bonds. The van der Waals surface area contributed by atoms with E-state index in [9.17, 15) is 15.0 Å². The van der Waals surface area contributed by atoms with Gasteiger partial charge in [0.05, 0.1) is 18.8 Å². The van der Waals surface area contributed by atoms with Gasteiger partial charge in [0.25, 0.3) is 0 Å². The van der Waals surface area contributed by atoms with E-state index in [2.05, 4.69) is 104 Å². The summed E-state index contributed by atoms with van der Waals surface area (Å²) in [4.78, 5) is 12.5. The number of unbranched alkanes of at least 4 members (excludes halogenated alkanes) is 31. The third kappa shape index (κ3) is 54.1. The van der Waals surface area contributed by atoms with E-state index < -0.39 is 12.1 Å². The predicted molar refractivity (Wildman–Crippen MR) is 299 cm³/mol. The molecule has 386 valence electrons. The third-order valence-corrected chi connectivity index (χ3v) is 12.8. The molecule has 0 saturated carbocycles. The van der Waals surface area contributed by atoms with Crippen molar-refractivity contribution in [2.24, 2.45) is 0 Å². The second-order valence-corrected chi connectivity index (χ2v) is 19.3. The van der Waals surface area contributed by atoms with Crippen LogP contribution < -0.4 is 5.32 Å². The first-order chi connectivity index (χ1) is 33.2. The fourth-order valence-corrected chi connectivity index (χ4v) is 8.42. The number of carbonyl (C=O) groups is 1. The van der Waals surface area contributed by atoms with Crippen LogP contribution in [0.4, 0.5) is 0 Å². The fourth-order valence-electron chi connectivity index (χ4n) is 8.42. The predicted octanol–water partition coefficient (Wildman–Crippen LogP) is 19.3. The van der Waals surface area contributed by atoms with Gasteiger partial charge in [-0.15, -0.1) is 0 Å². The molecule has 0 bridgehead atoms. The van der Waals surface area contributed by atoms with Crippen molar-refractivity contribution in [3.63, 3.8) is 0 Å². The summed E-state index contributed by atoms with van der Waals surface area (Å²) >= 11 is 0. The molecular formula is C63H111NO3. The zero-order chi connectivity index (χ0) is 48.5. The van der Waals surface area contributed by atoms with E-state index >= 15 is 0 Å². The average Bonchev–Trinajstić information content (AvgIpc) is 3.33. The monoisotopic (exact) mass is 930 g/mol. The summed E-state index contributed by atoms with van der Waals surface area (Å²) in [6, 6.07) is -0.649. The molecule has 3 N–H and O–H groups in total. The standard InChI is InChI=1S/C63H111NO3/c1-3-5-7-9-11-13-15-17-19-21-23-25-26-27-28-29-30-31-32-33-34-35-36-37-38-39-41-43-45-47-49-51-53-55-57-59-63(67)64-61(60-65)62(66)58-56-54-52-50-48-46-44-42-40-24-22-20-18-16-14-12-10-8-6-4-2/h5,7,11,13,17,19,23,25,27-28,40,42,48,50,56,58,61-62,65-66H,3-4,6,8-10,12,14-16,18,20-22,24,26,29-39,41,43-47,49,51-55,57,59-60H2,1-2H3,(H,64,67)/b7-5-,13-11-,19-17-,25-23-,28-27-,42-40+,50-48+,58-56+. The lowest BCUT2D eigenvalue weighted by atomic mass is 10.0. The number of aliphatic hydroxyl groups is 2. The van der Waals surface area contributed by atoms with Gasteiger partial charge in [0, 0.05) is 6.42 Å². The molecule has 0 aliphatic rings. The Morgan fingerprint density at radius 2 is 0.672 bits per heavy atom. The van der Waals surface area contributed by atoms with Gasteiger partial charge in [-0.25, -0.2) is 0 Å². The quantitative estimate of drug-likeness (QED) is 0.0420. The number of allylic oxidation sites excluding steroid dienone is 15. The Kier molecular flexibility index (Phi) is 55.3. The van der Waals surface area contributed by atoms with Crippen molar-refractivity contribution in [1.29, 1.82) is 0 Å². The van der Waals surface area contributed by atoms with Gasteiger partial charge in [-0.2, -0.15) is 0 Å². The second-order valence-electron chi connectivity index (χ2n) is 19.3. The number of hydrogen-bond donors (Lipinski definition) is 3. The minimum atomic E-state index is -0.874. The molecule has 0 aliphatic heterocycles. The van der Waals surface area contributed by atoms with Gasteiger partial charge < -0.3 is 15.5 Å². The van der Waals surface area contributed by atoms with Gasteiger partial charge in [-0.1, -0.05) is 278 Å². The van der Waals surface area contributed by atoms with Gasteiger partial charge in [0.15, 0.2) is 0 Å². The number of carbonyl (C=O) groups excluding carboxylic acids is 1. The summed E-state index contributed by atoms with van der Waals surface area (Å²) in [6.45, 7) is 4.19. The van der Waals surface area contributed by atoms with Crippen molar-refractivity contribution in [1.82, 2.24) is 5.32 Å². The molecule has 2 atom stereocenters. The van der Waals surface area contributed by atoms with E-state index in [0.29, 0.717) is 6.42 Å². The summed E-state index contributed by atoms with van der Waals surface area (Å²) < 4.78 is 0. The zero-order valence-corrected chi connectivity index (χ0v) is 44.4. The average molecular weight is 931 g/mol. The summed E-state index contributed by atoms with van der Waals surface area (Å²) in [5.74, 6) is -0.0774. The van der Waals surface area contributed by atoms with Crippen LogP contribution in [-0.2, 0) is 4.79 Å². The highest BCUT2D eigenvalue weighted by molar-refractivity contribution is 5.76. The lowest BCUT2D eigenvalue weighted by Crippen LogP contribution is -2.45. The SMILES string of the molecule is CC/C=C\C/C=C\C/C=C\C/C=C\C/C=C\CCCCCCCCCCCCCCCCCCCCCC(=O)NC(CO)C(O)/C=C/CC/C=C/CC/C=C/CCCCCCCCCCCC. The highest BCUT2D eigenvalue weighted by Crippen LogP contribution is 2.16. The highest BCUT2D eigenvalue weighted by atomic mass is 16.3. The molecule has 4 nitrogen and oxygen atoms in total.